The van der Waals surface area contributed by atoms with Gasteiger partial charge in [-0.05, 0) is 36.8 Å². The first-order valence-corrected chi connectivity index (χ1v) is 7.41. The molecule has 0 saturated heterocycles. The zero-order valence-electron chi connectivity index (χ0n) is 12.0. The van der Waals surface area contributed by atoms with Crippen LogP contribution in [0.3, 0.4) is 0 Å². The van der Waals surface area contributed by atoms with E-state index < -0.39 is 0 Å². The van der Waals surface area contributed by atoms with Gasteiger partial charge in [-0.15, -0.1) is 0 Å². The van der Waals surface area contributed by atoms with E-state index in [1.165, 1.54) is 18.9 Å². The van der Waals surface area contributed by atoms with Gasteiger partial charge in [0, 0.05) is 29.2 Å². The molecule has 110 valence electrons. The van der Waals surface area contributed by atoms with Gasteiger partial charge in [0.15, 0.2) is 0 Å². The second-order valence-corrected chi connectivity index (χ2v) is 6.80. The molecule has 0 radical (unpaired) electrons. The van der Waals surface area contributed by atoms with Gasteiger partial charge in [-0.1, -0.05) is 31.9 Å². The van der Waals surface area contributed by atoms with Crippen LogP contribution in [-0.2, 0) is 6.54 Å². The van der Waals surface area contributed by atoms with Crippen LogP contribution in [0.4, 0.5) is 5.69 Å². The molecule has 1 aliphatic carbocycles. The number of hydrogen-bond donors (Lipinski definition) is 1. The maximum atomic E-state index is 11.0. The van der Waals surface area contributed by atoms with Crippen molar-refractivity contribution in [1.29, 1.82) is 0 Å². The maximum absolute atomic E-state index is 11.0. The summed E-state index contributed by atoms with van der Waals surface area (Å²) >= 11 is 5.82. The van der Waals surface area contributed by atoms with Crippen LogP contribution in [-0.4, -0.2) is 11.0 Å². The number of nitro groups is 1. The van der Waals surface area contributed by atoms with Gasteiger partial charge in [0.1, 0.15) is 0 Å². The molecule has 1 aromatic carbocycles. The van der Waals surface area contributed by atoms with Crippen molar-refractivity contribution in [2.24, 2.45) is 5.41 Å². The normalized spacial score (nSPS) is 21.6. The van der Waals surface area contributed by atoms with Crippen molar-refractivity contribution in [3.8, 4) is 0 Å². The van der Waals surface area contributed by atoms with Gasteiger partial charge in [-0.2, -0.15) is 0 Å². The van der Waals surface area contributed by atoms with E-state index in [9.17, 15) is 10.1 Å². The lowest BCUT2D eigenvalue weighted by Crippen LogP contribution is -2.36. The van der Waals surface area contributed by atoms with Crippen LogP contribution in [0.2, 0.25) is 5.02 Å². The van der Waals surface area contributed by atoms with Gasteiger partial charge in [0.05, 0.1) is 4.92 Å². The quantitative estimate of drug-likeness (QED) is 0.665. The van der Waals surface area contributed by atoms with Crippen LogP contribution in [0.25, 0.3) is 0 Å². The first-order valence-electron chi connectivity index (χ1n) is 7.04. The zero-order chi connectivity index (χ0) is 14.8. The van der Waals surface area contributed by atoms with Crippen molar-refractivity contribution in [2.75, 3.05) is 0 Å². The Morgan fingerprint density at radius 3 is 2.90 bits per heavy atom. The summed E-state index contributed by atoms with van der Waals surface area (Å²) in [5, 5.41) is 14.9. The molecule has 0 aliphatic heterocycles. The van der Waals surface area contributed by atoms with Gasteiger partial charge < -0.3 is 5.32 Å². The van der Waals surface area contributed by atoms with Crippen LogP contribution in [0.1, 0.15) is 45.1 Å². The first kappa shape index (κ1) is 15.3. The smallest absolute Gasteiger partial charge is 0.275 e. The van der Waals surface area contributed by atoms with E-state index in [0.29, 0.717) is 28.6 Å². The Balaban J connectivity index is 2.02. The van der Waals surface area contributed by atoms with E-state index >= 15 is 0 Å². The SMILES string of the molecule is CC1(C)CCCC(NCc2ccc(Cl)cc2[N+](=O)[O-])C1. The molecule has 1 N–H and O–H groups in total. The van der Waals surface area contributed by atoms with Gasteiger partial charge in [0.2, 0.25) is 0 Å². The molecule has 20 heavy (non-hydrogen) atoms. The summed E-state index contributed by atoms with van der Waals surface area (Å²) in [6.45, 7) is 5.09. The number of rotatable bonds is 4. The molecule has 1 aromatic rings. The Morgan fingerprint density at radius 2 is 2.25 bits per heavy atom. The minimum atomic E-state index is -0.367. The van der Waals surface area contributed by atoms with Crippen LogP contribution in [0.15, 0.2) is 18.2 Å². The van der Waals surface area contributed by atoms with Crippen molar-refractivity contribution in [3.05, 3.63) is 38.9 Å². The van der Waals surface area contributed by atoms with E-state index in [2.05, 4.69) is 19.2 Å². The summed E-state index contributed by atoms with van der Waals surface area (Å²) in [6, 6.07) is 5.30. The van der Waals surface area contributed by atoms with Gasteiger partial charge in [-0.3, -0.25) is 10.1 Å². The van der Waals surface area contributed by atoms with Crippen molar-refractivity contribution >= 4 is 17.3 Å². The summed E-state index contributed by atoms with van der Waals surface area (Å²) < 4.78 is 0. The molecule has 1 unspecified atom stereocenters. The summed E-state index contributed by atoms with van der Waals surface area (Å²) in [5.74, 6) is 0. The van der Waals surface area contributed by atoms with Gasteiger partial charge in [-0.25, -0.2) is 0 Å². The lowest BCUT2D eigenvalue weighted by molar-refractivity contribution is -0.385. The molecule has 4 nitrogen and oxygen atoms in total. The predicted molar refractivity (Wildman–Crippen MR) is 81.0 cm³/mol. The lowest BCUT2D eigenvalue weighted by atomic mass is 9.75. The molecule has 1 fully saturated rings. The highest BCUT2D eigenvalue weighted by atomic mass is 35.5. The minimum Gasteiger partial charge on any atom is -0.310 e. The predicted octanol–water partition coefficient (Wildman–Crippen LogP) is 4.31. The molecule has 0 amide bonds. The molecule has 5 heteroatoms. The first-order chi connectivity index (χ1) is 9.37. The molecule has 0 aromatic heterocycles. The number of halogens is 1. The Kier molecular flexibility index (Phi) is 4.66. The molecular weight excluding hydrogens is 276 g/mol. The highest BCUT2D eigenvalue weighted by molar-refractivity contribution is 6.30. The van der Waals surface area contributed by atoms with Crippen LogP contribution in [0.5, 0.6) is 0 Å². The maximum Gasteiger partial charge on any atom is 0.275 e. The molecule has 0 spiro atoms. The number of nitro benzene ring substituents is 1. The zero-order valence-corrected chi connectivity index (χ0v) is 12.7. The highest BCUT2D eigenvalue weighted by Gasteiger charge is 2.28. The Morgan fingerprint density at radius 1 is 1.50 bits per heavy atom. The van der Waals surface area contributed by atoms with Crippen molar-refractivity contribution in [1.82, 2.24) is 5.32 Å². The summed E-state index contributed by atoms with van der Waals surface area (Å²) in [4.78, 5) is 10.7. The standard InChI is InChI=1S/C15H21ClN2O2/c1-15(2)7-3-4-13(9-15)17-10-11-5-6-12(16)8-14(11)18(19)20/h5-6,8,13,17H,3-4,7,9-10H2,1-2H3. The van der Waals surface area contributed by atoms with Crippen molar-refractivity contribution in [2.45, 2.75) is 52.1 Å². The number of nitrogens with one attached hydrogen (secondary N) is 1. The largest absolute Gasteiger partial charge is 0.310 e. The second-order valence-electron chi connectivity index (χ2n) is 6.37. The fraction of sp³-hybridized carbons (Fsp3) is 0.600. The van der Waals surface area contributed by atoms with E-state index in [4.69, 9.17) is 11.6 Å². The number of hydrogen-bond acceptors (Lipinski definition) is 3. The topological polar surface area (TPSA) is 55.2 Å². The molecule has 1 atom stereocenters. The van der Waals surface area contributed by atoms with Crippen molar-refractivity contribution < 1.29 is 4.92 Å². The van der Waals surface area contributed by atoms with Gasteiger partial charge in [0.25, 0.3) is 5.69 Å². The monoisotopic (exact) mass is 296 g/mol. The number of benzene rings is 1. The minimum absolute atomic E-state index is 0.0973. The Labute approximate surface area is 124 Å². The molecule has 0 heterocycles. The summed E-state index contributed by atoms with van der Waals surface area (Å²) in [7, 11) is 0. The molecule has 1 saturated carbocycles. The highest BCUT2D eigenvalue weighted by Crippen LogP contribution is 2.35. The fourth-order valence-electron chi connectivity index (χ4n) is 2.98. The molecule has 2 rings (SSSR count). The van der Waals surface area contributed by atoms with E-state index in [0.717, 1.165) is 12.8 Å². The average Bonchev–Trinajstić information content (AvgIpc) is 2.36. The molecule has 1 aliphatic rings. The average molecular weight is 297 g/mol. The van der Waals surface area contributed by atoms with Crippen LogP contribution in [0, 0.1) is 15.5 Å². The summed E-state index contributed by atoms with van der Waals surface area (Å²) in [5.41, 5.74) is 1.16. The lowest BCUT2D eigenvalue weighted by Gasteiger charge is -2.35. The molecular formula is C15H21ClN2O2. The van der Waals surface area contributed by atoms with Gasteiger partial charge >= 0.3 is 0 Å². The van der Waals surface area contributed by atoms with Crippen LogP contribution >= 0.6 is 11.6 Å². The van der Waals surface area contributed by atoms with E-state index in [-0.39, 0.29) is 10.6 Å². The molecule has 0 bridgehead atoms. The third kappa shape index (κ3) is 3.93. The summed E-state index contributed by atoms with van der Waals surface area (Å²) in [6.07, 6.45) is 4.73. The Hall–Kier alpha value is -1.13. The fourth-order valence-corrected chi connectivity index (χ4v) is 3.15. The third-order valence-electron chi connectivity index (χ3n) is 4.03. The third-order valence-corrected chi connectivity index (χ3v) is 4.27. The Bertz CT molecular complexity index is 503. The van der Waals surface area contributed by atoms with E-state index in [1.54, 1.807) is 12.1 Å². The second kappa shape index (κ2) is 6.10. The van der Waals surface area contributed by atoms with Crippen molar-refractivity contribution in [3.63, 3.8) is 0 Å². The van der Waals surface area contributed by atoms with E-state index in [1.807, 2.05) is 0 Å². The van der Waals surface area contributed by atoms with Crippen LogP contribution < -0.4 is 5.32 Å². The number of nitrogens with zero attached hydrogens (tertiary/aromatic N) is 1.